The number of carbonyl (C=O) groups excluding carboxylic acids is 2. The lowest BCUT2D eigenvalue weighted by molar-refractivity contribution is -0.142. The lowest BCUT2D eigenvalue weighted by atomic mass is 9.96. The highest BCUT2D eigenvalue weighted by molar-refractivity contribution is 7.10. The van der Waals surface area contributed by atoms with Gasteiger partial charge in [0.2, 0.25) is 11.8 Å². The molecule has 21 heavy (non-hydrogen) atoms. The Kier molecular flexibility index (Phi) is 5.90. The van der Waals surface area contributed by atoms with Crippen molar-refractivity contribution in [2.24, 2.45) is 5.41 Å². The highest BCUT2D eigenvalue weighted by Gasteiger charge is 2.24. The van der Waals surface area contributed by atoms with Gasteiger partial charge in [-0.2, -0.15) is 0 Å². The van der Waals surface area contributed by atoms with Crippen LogP contribution in [0.4, 0.5) is 0 Å². The van der Waals surface area contributed by atoms with E-state index in [1.807, 2.05) is 0 Å². The molecule has 1 rings (SSSR count). The molecule has 0 aliphatic rings. The van der Waals surface area contributed by atoms with Gasteiger partial charge in [0.15, 0.2) is 6.04 Å². The Morgan fingerprint density at radius 2 is 2.00 bits per heavy atom. The molecule has 7 heteroatoms. The zero-order valence-electron chi connectivity index (χ0n) is 12.3. The monoisotopic (exact) mass is 312 g/mol. The molecule has 0 spiro atoms. The predicted octanol–water partition coefficient (Wildman–Crippen LogP) is 1.54. The summed E-state index contributed by atoms with van der Waals surface area (Å²) in [5.74, 6) is -1.67. The summed E-state index contributed by atoms with van der Waals surface area (Å²) >= 11 is 1.27. The standard InChI is InChI=1S/C14H20N2O4S/c1-14(2,3)13(20)15-7-6-10(17)16-11(12(18)19)9-5-4-8-21-9/h4-5,8,11H,6-7H2,1-3H3,(H,15,20)(H,16,17)(H,18,19). The number of hydrogen-bond donors (Lipinski definition) is 3. The molecule has 0 bridgehead atoms. The van der Waals surface area contributed by atoms with E-state index in [2.05, 4.69) is 10.6 Å². The number of rotatable bonds is 6. The van der Waals surface area contributed by atoms with Crippen LogP contribution in [0.25, 0.3) is 0 Å². The van der Waals surface area contributed by atoms with Crippen molar-refractivity contribution in [2.75, 3.05) is 6.54 Å². The smallest absolute Gasteiger partial charge is 0.331 e. The van der Waals surface area contributed by atoms with Gasteiger partial charge < -0.3 is 15.7 Å². The van der Waals surface area contributed by atoms with Crippen molar-refractivity contribution in [3.8, 4) is 0 Å². The van der Waals surface area contributed by atoms with E-state index in [1.54, 1.807) is 38.3 Å². The number of carbonyl (C=O) groups is 3. The Bertz CT molecular complexity index is 506. The van der Waals surface area contributed by atoms with Crippen LogP contribution >= 0.6 is 11.3 Å². The first-order valence-electron chi connectivity index (χ1n) is 6.55. The number of aliphatic carboxylic acids is 1. The van der Waals surface area contributed by atoms with Crippen LogP contribution in [0.2, 0.25) is 0 Å². The lowest BCUT2D eigenvalue weighted by Gasteiger charge is -2.18. The first kappa shape index (κ1) is 17.2. The van der Waals surface area contributed by atoms with Crippen LogP contribution in [0.1, 0.15) is 38.1 Å². The number of carboxylic acid groups (broad SMARTS) is 1. The van der Waals surface area contributed by atoms with E-state index in [9.17, 15) is 14.4 Å². The van der Waals surface area contributed by atoms with Gasteiger partial charge in [-0.3, -0.25) is 9.59 Å². The van der Waals surface area contributed by atoms with Gasteiger partial charge >= 0.3 is 5.97 Å². The van der Waals surface area contributed by atoms with Gasteiger partial charge in [0.25, 0.3) is 0 Å². The van der Waals surface area contributed by atoms with Gasteiger partial charge in [-0.15, -0.1) is 11.3 Å². The fraction of sp³-hybridized carbons (Fsp3) is 0.500. The molecule has 0 saturated heterocycles. The Labute approximate surface area is 127 Å². The molecule has 1 heterocycles. The fourth-order valence-corrected chi connectivity index (χ4v) is 2.27. The van der Waals surface area contributed by atoms with Crippen LogP contribution in [0.5, 0.6) is 0 Å². The maximum atomic E-state index is 11.8. The third-order valence-electron chi connectivity index (χ3n) is 2.70. The summed E-state index contributed by atoms with van der Waals surface area (Å²) in [6, 6.07) is 2.34. The molecule has 0 aromatic carbocycles. The largest absolute Gasteiger partial charge is 0.479 e. The maximum absolute atomic E-state index is 11.8. The van der Waals surface area contributed by atoms with E-state index in [0.29, 0.717) is 4.88 Å². The van der Waals surface area contributed by atoms with Gasteiger partial charge in [0.05, 0.1) is 0 Å². The topological polar surface area (TPSA) is 95.5 Å². The summed E-state index contributed by atoms with van der Waals surface area (Å²) < 4.78 is 0. The highest BCUT2D eigenvalue weighted by Crippen LogP contribution is 2.19. The van der Waals surface area contributed by atoms with Crippen molar-refractivity contribution in [2.45, 2.75) is 33.2 Å². The van der Waals surface area contributed by atoms with E-state index in [0.717, 1.165) is 0 Å². The molecule has 0 fully saturated rings. The van der Waals surface area contributed by atoms with Gasteiger partial charge in [0, 0.05) is 23.3 Å². The summed E-state index contributed by atoms with van der Waals surface area (Å²) in [7, 11) is 0. The molecule has 0 saturated carbocycles. The van der Waals surface area contributed by atoms with Crippen LogP contribution in [-0.4, -0.2) is 29.4 Å². The zero-order chi connectivity index (χ0) is 16.0. The van der Waals surface area contributed by atoms with Gasteiger partial charge in [-0.05, 0) is 11.4 Å². The van der Waals surface area contributed by atoms with Gasteiger partial charge in [-0.25, -0.2) is 4.79 Å². The average molecular weight is 312 g/mol. The molecule has 6 nitrogen and oxygen atoms in total. The molecule has 0 aliphatic heterocycles. The molecular formula is C14H20N2O4S. The second-order valence-corrected chi connectivity index (χ2v) is 6.59. The van der Waals surface area contributed by atoms with Crippen LogP contribution in [0.15, 0.2) is 17.5 Å². The quantitative estimate of drug-likeness (QED) is 0.742. The molecule has 1 atom stereocenters. The number of hydrogen-bond acceptors (Lipinski definition) is 4. The summed E-state index contributed by atoms with van der Waals surface area (Å²) in [5, 5.41) is 16.0. The highest BCUT2D eigenvalue weighted by atomic mass is 32.1. The van der Waals surface area contributed by atoms with E-state index < -0.39 is 23.3 Å². The van der Waals surface area contributed by atoms with E-state index in [-0.39, 0.29) is 18.9 Å². The molecule has 116 valence electrons. The van der Waals surface area contributed by atoms with Crippen LogP contribution in [-0.2, 0) is 14.4 Å². The van der Waals surface area contributed by atoms with E-state index in [1.165, 1.54) is 11.3 Å². The number of thiophene rings is 1. The Balaban J connectivity index is 2.46. The summed E-state index contributed by atoms with van der Waals surface area (Å²) in [4.78, 5) is 35.1. The maximum Gasteiger partial charge on any atom is 0.331 e. The van der Waals surface area contributed by atoms with Crippen molar-refractivity contribution in [3.63, 3.8) is 0 Å². The average Bonchev–Trinajstić information content (AvgIpc) is 2.87. The molecular weight excluding hydrogens is 292 g/mol. The van der Waals surface area contributed by atoms with Crippen molar-refractivity contribution >= 4 is 29.1 Å². The van der Waals surface area contributed by atoms with Crippen LogP contribution in [0.3, 0.4) is 0 Å². The minimum absolute atomic E-state index is 0.0387. The number of nitrogens with one attached hydrogen (secondary N) is 2. The minimum Gasteiger partial charge on any atom is -0.479 e. The Morgan fingerprint density at radius 3 is 2.48 bits per heavy atom. The third kappa shape index (κ3) is 5.55. The third-order valence-corrected chi connectivity index (χ3v) is 3.64. The number of carboxylic acids is 1. The molecule has 1 aromatic heterocycles. The minimum atomic E-state index is -1.11. The molecule has 2 amide bonds. The second kappa shape index (κ2) is 7.21. The predicted molar refractivity (Wildman–Crippen MR) is 79.9 cm³/mol. The molecule has 1 aromatic rings. The molecule has 3 N–H and O–H groups in total. The zero-order valence-corrected chi connectivity index (χ0v) is 13.1. The summed E-state index contributed by atoms with van der Waals surface area (Å²) in [5.41, 5.74) is -0.517. The fourth-order valence-electron chi connectivity index (χ4n) is 1.50. The van der Waals surface area contributed by atoms with E-state index in [4.69, 9.17) is 5.11 Å². The van der Waals surface area contributed by atoms with Gasteiger partial charge in [-0.1, -0.05) is 26.8 Å². The second-order valence-electron chi connectivity index (χ2n) is 5.61. The Hall–Kier alpha value is -1.89. The van der Waals surface area contributed by atoms with Gasteiger partial charge in [0.1, 0.15) is 0 Å². The van der Waals surface area contributed by atoms with Crippen LogP contribution < -0.4 is 10.6 Å². The Morgan fingerprint density at radius 1 is 1.33 bits per heavy atom. The van der Waals surface area contributed by atoms with E-state index >= 15 is 0 Å². The molecule has 1 unspecified atom stereocenters. The van der Waals surface area contributed by atoms with Crippen LogP contribution in [0, 0.1) is 5.41 Å². The summed E-state index contributed by atoms with van der Waals surface area (Å²) in [6.07, 6.45) is 0.0387. The molecule has 0 aliphatic carbocycles. The van der Waals surface area contributed by atoms with Crippen molar-refractivity contribution in [1.82, 2.24) is 10.6 Å². The van der Waals surface area contributed by atoms with Crippen molar-refractivity contribution < 1.29 is 19.5 Å². The van der Waals surface area contributed by atoms with Crippen molar-refractivity contribution in [1.29, 1.82) is 0 Å². The lowest BCUT2D eigenvalue weighted by Crippen LogP contribution is -2.38. The molecule has 0 radical (unpaired) electrons. The first-order valence-corrected chi connectivity index (χ1v) is 7.43. The first-order chi connectivity index (χ1) is 9.71. The summed E-state index contributed by atoms with van der Waals surface area (Å²) in [6.45, 7) is 5.51. The SMILES string of the molecule is CC(C)(C)C(=O)NCCC(=O)NC(C(=O)O)c1cccs1. The van der Waals surface area contributed by atoms with Crippen molar-refractivity contribution in [3.05, 3.63) is 22.4 Å². The normalized spacial score (nSPS) is 12.5. The number of amides is 2.